The summed E-state index contributed by atoms with van der Waals surface area (Å²) in [7, 11) is 1.64. The maximum atomic E-state index is 5.82. The fourth-order valence-corrected chi connectivity index (χ4v) is 1.67. The quantitative estimate of drug-likeness (QED) is 0.592. The zero-order valence-corrected chi connectivity index (χ0v) is 12.8. The lowest BCUT2D eigenvalue weighted by Gasteiger charge is -2.15. The minimum absolute atomic E-state index is 0.00517. The average Bonchev–Trinajstić information content (AvgIpc) is 2.45. The van der Waals surface area contributed by atoms with E-state index in [0.717, 1.165) is 30.5 Å². The third-order valence-electron chi connectivity index (χ3n) is 2.57. The summed E-state index contributed by atoms with van der Waals surface area (Å²) in [6.45, 7) is 8.37. The number of guanidine groups is 1. The summed E-state index contributed by atoms with van der Waals surface area (Å²) in [5.41, 5.74) is 0. The summed E-state index contributed by atoms with van der Waals surface area (Å²) in [4.78, 5) is 4.48. The van der Waals surface area contributed by atoms with Crippen LogP contribution in [-0.4, -0.2) is 38.8 Å². The second-order valence-corrected chi connectivity index (χ2v) is 4.36. The van der Waals surface area contributed by atoms with E-state index in [-0.39, 0.29) is 6.10 Å². The molecule has 0 saturated heterocycles. The van der Waals surface area contributed by atoms with Crippen LogP contribution in [0.1, 0.15) is 20.8 Å². The van der Waals surface area contributed by atoms with Gasteiger partial charge in [0.15, 0.2) is 5.96 Å². The molecule has 0 aliphatic heterocycles. The van der Waals surface area contributed by atoms with E-state index in [1.807, 2.05) is 45.0 Å². The van der Waals surface area contributed by atoms with Crippen LogP contribution in [0.2, 0.25) is 0 Å². The monoisotopic (exact) mass is 279 g/mol. The average molecular weight is 279 g/mol. The molecule has 0 heterocycles. The van der Waals surface area contributed by atoms with E-state index in [2.05, 4.69) is 15.6 Å². The predicted octanol–water partition coefficient (Wildman–Crippen LogP) is 2.04. The smallest absolute Gasteiger partial charge is 0.191 e. The van der Waals surface area contributed by atoms with Gasteiger partial charge in [-0.2, -0.15) is 0 Å². The molecule has 0 aromatic heterocycles. The van der Waals surface area contributed by atoms with Gasteiger partial charge in [0.05, 0.1) is 13.7 Å². The number of nitrogens with one attached hydrogen (secondary N) is 2. The van der Waals surface area contributed by atoms with Crippen LogP contribution in [0.15, 0.2) is 29.3 Å². The normalized spacial score (nSPS) is 11.4. The van der Waals surface area contributed by atoms with Gasteiger partial charge in [-0.3, -0.25) is 0 Å². The lowest BCUT2D eigenvalue weighted by atomic mass is 10.3. The third-order valence-corrected chi connectivity index (χ3v) is 2.57. The van der Waals surface area contributed by atoms with E-state index in [1.54, 1.807) is 7.11 Å². The van der Waals surface area contributed by atoms with Crippen LogP contribution in [0.5, 0.6) is 11.5 Å². The van der Waals surface area contributed by atoms with Gasteiger partial charge in [0.2, 0.25) is 0 Å². The Bertz CT molecular complexity index is 413. The Morgan fingerprint density at radius 1 is 1.20 bits per heavy atom. The van der Waals surface area contributed by atoms with E-state index >= 15 is 0 Å². The van der Waals surface area contributed by atoms with Crippen LogP contribution in [0, 0.1) is 0 Å². The standard InChI is InChI=1S/C15H25N3O2/c1-5-16-15(17-6-2)18-11-12(3)20-14-9-7-8-13(10-14)19-4/h7-10,12H,5-6,11H2,1-4H3,(H2,16,17,18). The van der Waals surface area contributed by atoms with E-state index in [0.29, 0.717) is 6.54 Å². The molecule has 1 atom stereocenters. The van der Waals surface area contributed by atoms with Crippen LogP contribution < -0.4 is 20.1 Å². The molecular formula is C15H25N3O2. The van der Waals surface area contributed by atoms with Crippen molar-refractivity contribution in [3.63, 3.8) is 0 Å². The topological polar surface area (TPSA) is 54.9 Å². The highest BCUT2D eigenvalue weighted by Gasteiger charge is 2.05. The van der Waals surface area contributed by atoms with Crippen molar-refractivity contribution in [2.75, 3.05) is 26.7 Å². The maximum Gasteiger partial charge on any atom is 0.191 e. The van der Waals surface area contributed by atoms with Crippen LogP contribution in [0.4, 0.5) is 0 Å². The van der Waals surface area contributed by atoms with Crippen LogP contribution in [-0.2, 0) is 0 Å². The lowest BCUT2D eigenvalue weighted by molar-refractivity contribution is 0.229. The van der Waals surface area contributed by atoms with E-state index in [4.69, 9.17) is 9.47 Å². The molecule has 2 N–H and O–H groups in total. The minimum atomic E-state index is -0.00517. The van der Waals surface area contributed by atoms with Crippen LogP contribution >= 0.6 is 0 Å². The van der Waals surface area contributed by atoms with Gasteiger partial charge in [-0.15, -0.1) is 0 Å². The van der Waals surface area contributed by atoms with Crippen LogP contribution in [0.25, 0.3) is 0 Å². The van der Waals surface area contributed by atoms with E-state index in [1.165, 1.54) is 0 Å². The van der Waals surface area contributed by atoms with Crippen molar-refractivity contribution < 1.29 is 9.47 Å². The summed E-state index contributed by atoms with van der Waals surface area (Å²) in [6.07, 6.45) is -0.00517. The second kappa shape index (κ2) is 9.07. The molecule has 0 radical (unpaired) electrons. The third kappa shape index (κ3) is 5.82. The summed E-state index contributed by atoms with van der Waals surface area (Å²) in [6, 6.07) is 7.59. The Kier molecular flexibility index (Phi) is 7.32. The van der Waals surface area contributed by atoms with Crippen LogP contribution in [0.3, 0.4) is 0 Å². The highest BCUT2D eigenvalue weighted by Crippen LogP contribution is 2.19. The van der Waals surface area contributed by atoms with Gasteiger partial charge in [0.25, 0.3) is 0 Å². The van der Waals surface area contributed by atoms with Crippen molar-refractivity contribution in [3.05, 3.63) is 24.3 Å². The zero-order chi connectivity index (χ0) is 14.8. The first-order valence-corrected chi connectivity index (χ1v) is 7.02. The Morgan fingerprint density at radius 3 is 2.45 bits per heavy atom. The Labute approximate surface area is 121 Å². The fraction of sp³-hybridized carbons (Fsp3) is 0.533. The molecule has 5 nitrogen and oxygen atoms in total. The fourth-order valence-electron chi connectivity index (χ4n) is 1.67. The molecule has 0 bridgehead atoms. The van der Waals surface area contributed by atoms with Gasteiger partial charge < -0.3 is 20.1 Å². The summed E-state index contributed by atoms with van der Waals surface area (Å²) in [5, 5.41) is 6.37. The molecule has 0 saturated carbocycles. The number of nitrogens with zero attached hydrogens (tertiary/aromatic N) is 1. The number of aliphatic imine (C=N–C) groups is 1. The molecule has 1 unspecified atom stereocenters. The number of hydrogen-bond acceptors (Lipinski definition) is 3. The zero-order valence-electron chi connectivity index (χ0n) is 12.8. The molecule has 1 rings (SSSR count). The van der Waals surface area contributed by atoms with Gasteiger partial charge in [0, 0.05) is 19.2 Å². The first-order valence-electron chi connectivity index (χ1n) is 7.02. The molecule has 112 valence electrons. The molecule has 0 spiro atoms. The molecule has 5 heteroatoms. The summed E-state index contributed by atoms with van der Waals surface area (Å²) in [5.74, 6) is 2.40. The molecule has 20 heavy (non-hydrogen) atoms. The number of methoxy groups -OCH3 is 1. The first-order chi connectivity index (χ1) is 9.69. The molecule has 0 aliphatic carbocycles. The van der Waals surface area contributed by atoms with Gasteiger partial charge >= 0.3 is 0 Å². The maximum absolute atomic E-state index is 5.82. The molecular weight excluding hydrogens is 254 g/mol. The Hall–Kier alpha value is -1.91. The SMILES string of the molecule is CCNC(=NCC(C)Oc1cccc(OC)c1)NCC. The van der Waals surface area contributed by atoms with Gasteiger partial charge in [0.1, 0.15) is 17.6 Å². The summed E-state index contributed by atoms with van der Waals surface area (Å²) >= 11 is 0. The molecule has 1 aromatic carbocycles. The molecule has 0 aliphatic rings. The largest absolute Gasteiger partial charge is 0.497 e. The van der Waals surface area contributed by atoms with E-state index in [9.17, 15) is 0 Å². The molecule has 1 aromatic rings. The Morgan fingerprint density at radius 2 is 1.85 bits per heavy atom. The first kappa shape index (κ1) is 16.1. The molecule has 0 amide bonds. The predicted molar refractivity (Wildman–Crippen MR) is 82.7 cm³/mol. The second-order valence-electron chi connectivity index (χ2n) is 4.36. The van der Waals surface area contributed by atoms with E-state index < -0.39 is 0 Å². The van der Waals surface area contributed by atoms with Crippen molar-refractivity contribution >= 4 is 5.96 Å². The number of rotatable bonds is 7. The highest BCUT2D eigenvalue weighted by atomic mass is 16.5. The van der Waals surface area contributed by atoms with Crippen molar-refractivity contribution in [3.8, 4) is 11.5 Å². The van der Waals surface area contributed by atoms with Gasteiger partial charge in [-0.1, -0.05) is 6.07 Å². The van der Waals surface area contributed by atoms with Gasteiger partial charge in [-0.25, -0.2) is 4.99 Å². The highest BCUT2D eigenvalue weighted by molar-refractivity contribution is 5.79. The van der Waals surface area contributed by atoms with Gasteiger partial charge in [-0.05, 0) is 32.9 Å². The Balaban J connectivity index is 2.53. The van der Waals surface area contributed by atoms with Crippen molar-refractivity contribution in [2.24, 2.45) is 4.99 Å². The van der Waals surface area contributed by atoms with Crippen molar-refractivity contribution in [1.29, 1.82) is 0 Å². The minimum Gasteiger partial charge on any atom is -0.497 e. The van der Waals surface area contributed by atoms with Crippen molar-refractivity contribution in [2.45, 2.75) is 26.9 Å². The molecule has 0 fully saturated rings. The number of benzene rings is 1. The van der Waals surface area contributed by atoms with Crippen molar-refractivity contribution in [1.82, 2.24) is 10.6 Å². The lowest BCUT2D eigenvalue weighted by Crippen LogP contribution is -2.37. The number of hydrogen-bond donors (Lipinski definition) is 2. The summed E-state index contributed by atoms with van der Waals surface area (Å²) < 4.78 is 11.0. The number of ether oxygens (including phenoxy) is 2.